The lowest BCUT2D eigenvalue weighted by Gasteiger charge is -2.19. The van der Waals surface area contributed by atoms with Crippen molar-refractivity contribution >= 4 is 17.5 Å². The van der Waals surface area contributed by atoms with E-state index in [0.717, 1.165) is 5.57 Å². The topological polar surface area (TPSA) is 78.4 Å². The molecule has 0 saturated carbocycles. The van der Waals surface area contributed by atoms with Gasteiger partial charge in [0.05, 0.1) is 0 Å². The number of carbonyl (C=O) groups excluding carboxylic acids is 2. The predicted octanol–water partition coefficient (Wildman–Crippen LogP) is 2.73. The van der Waals surface area contributed by atoms with Gasteiger partial charge in [-0.1, -0.05) is 26.3 Å². The average Bonchev–Trinajstić information content (AvgIpc) is 2.47. The molecule has 0 aliphatic rings. The molecule has 0 unspecified atom stereocenters. The van der Waals surface area contributed by atoms with E-state index in [1.54, 1.807) is 30.3 Å². The van der Waals surface area contributed by atoms with Crippen molar-refractivity contribution in [1.82, 2.24) is 5.32 Å². The fraction of sp³-hybridized carbons (Fsp3) is 0.444. The summed E-state index contributed by atoms with van der Waals surface area (Å²) < 4.78 is 0. The zero-order chi connectivity index (χ0) is 17.5. The van der Waals surface area contributed by atoms with E-state index in [-0.39, 0.29) is 23.8 Å². The van der Waals surface area contributed by atoms with E-state index in [4.69, 9.17) is 5.11 Å². The standard InChI is InChI=1S/C18H26N2O3/c1-13(18(2,3)4)12-16(22)20-15-8-6-14(7-9-15)17(23)19-10-5-11-21/h6-9,12,21H,5,10-11H2,1-4H3,(H,19,23)(H,20,22)/b13-12-. The molecule has 2 amide bonds. The zero-order valence-electron chi connectivity index (χ0n) is 14.3. The third-order valence-corrected chi connectivity index (χ3v) is 3.57. The molecular formula is C18H26N2O3. The summed E-state index contributed by atoms with van der Waals surface area (Å²) in [6.07, 6.45) is 2.12. The number of carbonyl (C=O) groups is 2. The molecule has 0 aliphatic heterocycles. The van der Waals surface area contributed by atoms with Gasteiger partial charge < -0.3 is 15.7 Å². The number of nitrogens with one attached hydrogen (secondary N) is 2. The molecule has 0 heterocycles. The highest BCUT2D eigenvalue weighted by atomic mass is 16.3. The Balaban J connectivity index is 2.64. The van der Waals surface area contributed by atoms with Crippen LogP contribution in [0.3, 0.4) is 0 Å². The molecular weight excluding hydrogens is 292 g/mol. The van der Waals surface area contributed by atoms with Gasteiger partial charge in [-0.05, 0) is 43.0 Å². The van der Waals surface area contributed by atoms with Crippen LogP contribution in [0.4, 0.5) is 5.69 Å². The van der Waals surface area contributed by atoms with E-state index in [2.05, 4.69) is 31.4 Å². The molecule has 0 fully saturated rings. The minimum atomic E-state index is -0.195. The minimum Gasteiger partial charge on any atom is -0.396 e. The summed E-state index contributed by atoms with van der Waals surface area (Å²) in [5.41, 5.74) is 2.10. The third-order valence-electron chi connectivity index (χ3n) is 3.57. The maximum absolute atomic E-state index is 12.0. The number of rotatable bonds is 6. The first-order valence-electron chi connectivity index (χ1n) is 7.73. The Morgan fingerprint density at radius 1 is 1.17 bits per heavy atom. The Morgan fingerprint density at radius 2 is 1.78 bits per heavy atom. The third kappa shape index (κ3) is 6.65. The summed E-state index contributed by atoms with van der Waals surface area (Å²) in [5, 5.41) is 14.2. The number of aliphatic hydroxyl groups excluding tert-OH is 1. The molecule has 0 atom stereocenters. The van der Waals surface area contributed by atoms with E-state index in [1.165, 1.54) is 0 Å². The second-order valence-corrected chi connectivity index (χ2v) is 6.48. The van der Waals surface area contributed by atoms with E-state index in [9.17, 15) is 9.59 Å². The normalized spacial score (nSPS) is 12.0. The van der Waals surface area contributed by atoms with Crippen LogP contribution >= 0.6 is 0 Å². The largest absolute Gasteiger partial charge is 0.396 e. The summed E-state index contributed by atoms with van der Waals surface area (Å²) in [7, 11) is 0. The molecule has 5 nitrogen and oxygen atoms in total. The Labute approximate surface area is 137 Å². The molecule has 3 N–H and O–H groups in total. The van der Waals surface area contributed by atoms with E-state index < -0.39 is 0 Å². The molecule has 5 heteroatoms. The maximum atomic E-state index is 12.0. The number of amides is 2. The van der Waals surface area contributed by atoms with Crippen LogP contribution in [0.5, 0.6) is 0 Å². The molecule has 126 valence electrons. The van der Waals surface area contributed by atoms with Crippen LogP contribution in [0.2, 0.25) is 0 Å². The Bertz CT molecular complexity index is 569. The van der Waals surface area contributed by atoms with Gasteiger partial charge in [-0.25, -0.2) is 0 Å². The van der Waals surface area contributed by atoms with Crippen molar-refractivity contribution in [2.45, 2.75) is 34.1 Å². The van der Waals surface area contributed by atoms with Gasteiger partial charge in [0.25, 0.3) is 5.91 Å². The van der Waals surface area contributed by atoms with Crippen LogP contribution in [0.25, 0.3) is 0 Å². The van der Waals surface area contributed by atoms with Gasteiger partial charge in [-0.15, -0.1) is 0 Å². The molecule has 0 radical (unpaired) electrons. The highest BCUT2D eigenvalue weighted by Gasteiger charge is 2.14. The van der Waals surface area contributed by atoms with Gasteiger partial charge in [-0.3, -0.25) is 9.59 Å². The average molecular weight is 318 g/mol. The molecule has 0 saturated heterocycles. The lowest BCUT2D eigenvalue weighted by molar-refractivity contribution is -0.112. The van der Waals surface area contributed by atoms with Gasteiger partial charge in [0.15, 0.2) is 0 Å². The molecule has 0 spiro atoms. The van der Waals surface area contributed by atoms with E-state index in [0.29, 0.717) is 24.2 Å². The molecule has 1 rings (SSSR count). The Kier molecular flexibility index (Phi) is 6.97. The van der Waals surface area contributed by atoms with Gasteiger partial charge in [0.1, 0.15) is 0 Å². The second kappa shape index (κ2) is 8.48. The number of aliphatic hydroxyl groups is 1. The SMILES string of the molecule is C/C(=C/C(=O)Nc1ccc(C(=O)NCCCO)cc1)C(C)(C)C. The zero-order valence-corrected chi connectivity index (χ0v) is 14.3. The number of hydrogen-bond acceptors (Lipinski definition) is 3. The molecule has 1 aromatic carbocycles. The van der Waals surface area contributed by atoms with Crippen LogP contribution in [0.15, 0.2) is 35.9 Å². The van der Waals surface area contributed by atoms with Crippen LogP contribution in [0, 0.1) is 5.41 Å². The van der Waals surface area contributed by atoms with Crippen LogP contribution < -0.4 is 10.6 Å². The molecule has 0 aromatic heterocycles. The van der Waals surface area contributed by atoms with Crippen molar-refractivity contribution in [1.29, 1.82) is 0 Å². The number of allylic oxidation sites excluding steroid dienone is 1. The number of benzene rings is 1. The van der Waals surface area contributed by atoms with E-state index >= 15 is 0 Å². The maximum Gasteiger partial charge on any atom is 0.251 e. The van der Waals surface area contributed by atoms with Crippen molar-refractivity contribution < 1.29 is 14.7 Å². The Morgan fingerprint density at radius 3 is 2.30 bits per heavy atom. The first-order chi connectivity index (χ1) is 10.7. The summed E-state index contributed by atoms with van der Waals surface area (Å²) in [4.78, 5) is 23.8. The van der Waals surface area contributed by atoms with Crippen molar-refractivity contribution in [3.8, 4) is 0 Å². The number of hydrogen-bond donors (Lipinski definition) is 3. The predicted molar refractivity (Wildman–Crippen MR) is 92.3 cm³/mol. The van der Waals surface area contributed by atoms with E-state index in [1.807, 2.05) is 6.92 Å². The summed E-state index contributed by atoms with van der Waals surface area (Å²) in [6, 6.07) is 6.70. The number of anilines is 1. The van der Waals surface area contributed by atoms with Gasteiger partial charge >= 0.3 is 0 Å². The monoisotopic (exact) mass is 318 g/mol. The van der Waals surface area contributed by atoms with Crippen molar-refractivity contribution in [2.75, 3.05) is 18.5 Å². The van der Waals surface area contributed by atoms with Crippen molar-refractivity contribution in [3.63, 3.8) is 0 Å². The second-order valence-electron chi connectivity index (χ2n) is 6.48. The smallest absolute Gasteiger partial charge is 0.251 e. The van der Waals surface area contributed by atoms with Crippen LogP contribution in [0.1, 0.15) is 44.5 Å². The molecule has 1 aromatic rings. The Hall–Kier alpha value is -2.14. The van der Waals surface area contributed by atoms with Crippen molar-refractivity contribution in [2.24, 2.45) is 5.41 Å². The first kappa shape index (κ1) is 18.9. The molecule has 0 bridgehead atoms. The summed E-state index contributed by atoms with van der Waals surface area (Å²) >= 11 is 0. The fourth-order valence-corrected chi connectivity index (χ4v) is 1.68. The van der Waals surface area contributed by atoms with Crippen LogP contribution in [-0.2, 0) is 4.79 Å². The highest BCUT2D eigenvalue weighted by Crippen LogP contribution is 2.24. The van der Waals surface area contributed by atoms with Gasteiger partial charge in [-0.2, -0.15) is 0 Å². The van der Waals surface area contributed by atoms with Crippen molar-refractivity contribution in [3.05, 3.63) is 41.5 Å². The minimum absolute atomic E-state index is 0.0478. The first-order valence-corrected chi connectivity index (χ1v) is 7.73. The van der Waals surface area contributed by atoms with Gasteiger partial charge in [0.2, 0.25) is 5.91 Å². The highest BCUT2D eigenvalue weighted by molar-refractivity contribution is 6.00. The summed E-state index contributed by atoms with van der Waals surface area (Å²) in [6.45, 7) is 8.57. The lowest BCUT2D eigenvalue weighted by Crippen LogP contribution is -2.24. The molecule has 23 heavy (non-hydrogen) atoms. The fourth-order valence-electron chi connectivity index (χ4n) is 1.68. The summed E-state index contributed by atoms with van der Waals surface area (Å²) in [5.74, 6) is -0.377. The lowest BCUT2D eigenvalue weighted by atomic mass is 9.87. The van der Waals surface area contributed by atoms with Crippen LogP contribution in [-0.4, -0.2) is 30.1 Å². The van der Waals surface area contributed by atoms with Gasteiger partial charge in [0, 0.05) is 30.5 Å². The quantitative estimate of drug-likeness (QED) is 0.557. The molecule has 0 aliphatic carbocycles.